The molecule has 0 unspecified atom stereocenters. The molecule has 18 aromatic carbocycles. The Kier molecular flexibility index (Phi) is 18.0. The maximum Gasteiger partial charge on any atom is 0.238 e. The van der Waals surface area contributed by atoms with Crippen LogP contribution in [0.2, 0.25) is 0 Å². The molecule has 0 aliphatic rings. The van der Waals surface area contributed by atoms with Crippen LogP contribution in [0.5, 0.6) is 0 Å². The highest BCUT2D eigenvalue weighted by atomic mass is 15.2. The molecule has 0 radical (unpaired) electrons. The molecule has 0 N–H and O–H groups in total. The van der Waals surface area contributed by atoms with Crippen LogP contribution < -0.4 is 0 Å². The van der Waals surface area contributed by atoms with Crippen molar-refractivity contribution >= 4 is 87.2 Å². The van der Waals surface area contributed by atoms with Crippen molar-refractivity contribution in [2.75, 3.05) is 0 Å². The number of nitrogens with zero attached hydrogens (tertiary/aromatic N) is 9. The number of para-hydroxylation sites is 5. The molecular formula is C115H75N9. The van der Waals surface area contributed by atoms with Gasteiger partial charge in [0.05, 0.1) is 49.8 Å². The van der Waals surface area contributed by atoms with Gasteiger partial charge in [-0.25, -0.2) is 15.0 Å². The largest absolute Gasteiger partial charge is 0.309 e. The zero-order valence-corrected chi connectivity index (χ0v) is 67.3. The van der Waals surface area contributed by atoms with Gasteiger partial charge in [-0.15, -0.1) is 0 Å². The maximum absolute atomic E-state index is 5.27. The molecule has 580 valence electrons. The van der Waals surface area contributed by atoms with Crippen molar-refractivity contribution in [2.45, 2.75) is 0 Å². The fraction of sp³-hybridized carbons (Fsp3) is 0. The Bertz CT molecular complexity index is 8180. The third-order valence-electron chi connectivity index (χ3n) is 24.2. The van der Waals surface area contributed by atoms with Crippen molar-refractivity contribution in [3.63, 3.8) is 0 Å². The second kappa shape index (κ2) is 30.9. The van der Waals surface area contributed by atoms with Crippen LogP contribution in [0.1, 0.15) is 0 Å². The zero-order chi connectivity index (χ0) is 82.0. The first-order chi connectivity index (χ1) is 61.5. The molecule has 24 aromatic rings. The van der Waals surface area contributed by atoms with Gasteiger partial charge in [0.25, 0.3) is 0 Å². The van der Waals surface area contributed by atoms with Crippen molar-refractivity contribution in [2.24, 2.45) is 0 Å². The van der Waals surface area contributed by atoms with Gasteiger partial charge in [0, 0.05) is 77.4 Å². The Hall–Kier alpha value is -16.8. The summed E-state index contributed by atoms with van der Waals surface area (Å²) in [5.41, 5.74) is 31.4. The van der Waals surface area contributed by atoms with Gasteiger partial charge in [0.1, 0.15) is 0 Å². The van der Waals surface area contributed by atoms with Crippen LogP contribution in [-0.4, -0.2) is 43.2 Å². The molecular weight excluding hydrogens is 1510 g/mol. The van der Waals surface area contributed by atoms with Crippen LogP contribution in [0.15, 0.2) is 455 Å². The van der Waals surface area contributed by atoms with Gasteiger partial charge in [-0.2, -0.15) is 9.97 Å². The van der Waals surface area contributed by atoms with Gasteiger partial charge >= 0.3 is 0 Å². The fourth-order valence-electron chi connectivity index (χ4n) is 18.2. The summed E-state index contributed by atoms with van der Waals surface area (Å²) in [6.07, 6.45) is 1.87. The van der Waals surface area contributed by atoms with E-state index in [1.54, 1.807) is 0 Å². The zero-order valence-electron chi connectivity index (χ0n) is 67.3. The summed E-state index contributed by atoms with van der Waals surface area (Å²) in [6.45, 7) is 0. The Morgan fingerprint density at radius 2 is 0.411 bits per heavy atom. The average molecular weight is 1580 g/mol. The van der Waals surface area contributed by atoms with E-state index in [2.05, 4.69) is 437 Å². The molecule has 9 heteroatoms. The average Bonchev–Trinajstić information content (AvgIpc) is 1.57. The monoisotopic (exact) mass is 1580 g/mol. The molecule has 0 saturated carbocycles. The van der Waals surface area contributed by atoms with Crippen molar-refractivity contribution in [1.29, 1.82) is 0 Å². The van der Waals surface area contributed by atoms with E-state index in [4.69, 9.17) is 24.9 Å². The van der Waals surface area contributed by atoms with E-state index in [0.717, 1.165) is 116 Å². The van der Waals surface area contributed by atoms with E-state index < -0.39 is 0 Å². The van der Waals surface area contributed by atoms with E-state index in [9.17, 15) is 0 Å². The van der Waals surface area contributed by atoms with Crippen LogP contribution in [-0.2, 0) is 0 Å². The minimum atomic E-state index is 0.570. The molecule has 6 heterocycles. The first-order valence-corrected chi connectivity index (χ1v) is 42.0. The lowest BCUT2D eigenvalue weighted by Gasteiger charge is -2.12. The van der Waals surface area contributed by atoms with Gasteiger partial charge < -0.3 is 9.13 Å². The first kappa shape index (κ1) is 72.5. The van der Waals surface area contributed by atoms with Gasteiger partial charge in [0.15, 0.2) is 11.6 Å². The van der Waals surface area contributed by atoms with Crippen LogP contribution in [0.4, 0.5) is 0 Å². The maximum atomic E-state index is 5.27. The molecule has 0 atom stereocenters. The Morgan fingerprint density at radius 1 is 0.145 bits per heavy atom. The number of aromatic nitrogens is 9. The first-order valence-electron chi connectivity index (χ1n) is 42.0. The lowest BCUT2D eigenvalue weighted by atomic mass is 9.98. The molecule has 0 fully saturated rings. The summed E-state index contributed by atoms with van der Waals surface area (Å²) in [5, 5.41) is 9.51. The molecule has 0 spiro atoms. The highest BCUT2D eigenvalue weighted by Crippen LogP contribution is 2.43. The molecule has 0 bridgehead atoms. The molecule has 0 aliphatic carbocycles. The number of hydrogen-bond acceptors (Lipinski definition) is 5. The van der Waals surface area contributed by atoms with Crippen LogP contribution in [0, 0.1) is 0 Å². The standard InChI is InChI=1S/C58H38N4.C57H37N5/c1-3-12-39(13-4-1)41-22-24-43(25-23-41)44-16-11-17-47(36-44)53-34-35-59-58(60-53)62-55-21-10-8-19-50(55)52-38-46(29-33-57(52)62)45-28-32-56-51(37-45)49-18-7-9-20-54(49)61(56)48-30-26-42(27-31-48)40-14-5-2-6-15-40;1-4-15-38(16-5-1)39-27-29-40(30-28-39)42-19-14-20-45(35-42)56-58-55(41-17-6-2-7-18-41)59-57(60-56)62-52-26-13-11-24-48(52)50-37-44(32-34-54(50)62)43-31-33-53-49(36-43)47-23-10-12-25-51(47)61(53)46-21-8-3-9-22-46/h1-38H;1-37H. The van der Waals surface area contributed by atoms with Crippen molar-refractivity contribution in [3.05, 3.63) is 455 Å². The highest BCUT2D eigenvalue weighted by Gasteiger charge is 2.23. The third-order valence-corrected chi connectivity index (χ3v) is 24.2. The van der Waals surface area contributed by atoms with E-state index in [1.165, 1.54) is 82.6 Å². The summed E-state index contributed by atoms with van der Waals surface area (Å²) in [6, 6.07) is 160. The Labute approximate surface area is 716 Å². The summed E-state index contributed by atoms with van der Waals surface area (Å²) in [5.74, 6) is 2.45. The number of hydrogen-bond donors (Lipinski definition) is 0. The molecule has 0 aliphatic heterocycles. The summed E-state index contributed by atoms with van der Waals surface area (Å²) in [7, 11) is 0. The van der Waals surface area contributed by atoms with Gasteiger partial charge in [-0.3, -0.25) is 9.13 Å². The van der Waals surface area contributed by atoms with Crippen molar-refractivity contribution < 1.29 is 0 Å². The summed E-state index contributed by atoms with van der Waals surface area (Å²) < 4.78 is 9.13. The van der Waals surface area contributed by atoms with E-state index >= 15 is 0 Å². The van der Waals surface area contributed by atoms with Crippen LogP contribution in [0.25, 0.3) is 222 Å². The van der Waals surface area contributed by atoms with E-state index in [-0.39, 0.29) is 0 Å². The second-order valence-electron chi connectivity index (χ2n) is 31.5. The summed E-state index contributed by atoms with van der Waals surface area (Å²) >= 11 is 0. The van der Waals surface area contributed by atoms with Gasteiger partial charge in [0.2, 0.25) is 11.9 Å². The quantitative estimate of drug-likeness (QED) is 0.108. The molecule has 0 saturated heterocycles. The molecule has 0 amide bonds. The minimum absolute atomic E-state index is 0.570. The highest BCUT2D eigenvalue weighted by molar-refractivity contribution is 6.15. The third kappa shape index (κ3) is 13.1. The molecule has 24 rings (SSSR count). The Morgan fingerprint density at radius 3 is 0.831 bits per heavy atom. The molecule has 6 aromatic heterocycles. The van der Waals surface area contributed by atoms with Crippen LogP contribution in [0.3, 0.4) is 0 Å². The molecule has 9 nitrogen and oxygen atoms in total. The minimum Gasteiger partial charge on any atom is -0.309 e. The topological polar surface area (TPSA) is 84.2 Å². The summed E-state index contributed by atoms with van der Waals surface area (Å²) in [4.78, 5) is 25.7. The SMILES string of the molecule is c1ccc(-c2ccc(-c3cccc(-c4ccnc(-n5c6ccccc6c6cc(-c7ccc8c(c7)c7ccccc7n8-c7ccc(-c8ccccc8)cc7)ccc65)n4)c3)cc2)cc1.c1ccc(-c2ccc(-c3cccc(-c4nc(-c5ccccc5)nc(-n5c6ccccc6c6cc(-c7ccc8c(c7)c7ccccc7n8-c7ccccc7)ccc65)n4)c3)cc2)cc1. The number of fused-ring (bicyclic) bond motifs is 12. The smallest absolute Gasteiger partial charge is 0.238 e. The van der Waals surface area contributed by atoms with Crippen molar-refractivity contribution in [3.8, 4) is 135 Å². The predicted molar refractivity (Wildman–Crippen MR) is 514 cm³/mol. The number of rotatable bonds is 14. The van der Waals surface area contributed by atoms with Crippen molar-refractivity contribution in [1.82, 2.24) is 43.2 Å². The van der Waals surface area contributed by atoms with Crippen LogP contribution >= 0.6 is 0 Å². The normalized spacial score (nSPS) is 11.5. The number of benzene rings is 18. The Balaban J connectivity index is 0.000000143. The lowest BCUT2D eigenvalue weighted by Crippen LogP contribution is -2.06. The van der Waals surface area contributed by atoms with Gasteiger partial charge in [-0.1, -0.05) is 334 Å². The molecule has 124 heavy (non-hydrogen) atoms. The predicted octanol–water partition coefficient (Wildman–Crippen LogP) is 29.4. The van der Waals surface area contributed by atoms with E-state index in [0.29, 0.717) is 23.5 Å². The van der Waals surface area contributed by atoms with E-state index in [1.807, 2.05) is 36.5 Å². The fourth-order valence-corrected chi connectivity index (χ4v) is 18.2. The van der Waals surface area contributed by atoms with Gasteiger partial charge in [-0.05, 0) is 193 Å². The second-order valence-corrected chi connectivity index (χ2v) is 31.5. The lowest BCUT2D eigenvalue weighted by molar-refractivity contribution is 0.953.